The Balaban J connectivity index is 1.92. The summed E-state index contributed by atoms with van der Waals surface area (Å²) in [6.07, 6.45) is 1.96. The second-order valence-corrected chi connectivity index (χ2v) is 6.87. The molecule has 0 N–H and O–H groups in total. The van der Waals surface area contributed by atoms with Gasteiger partial charge in [-0.05, 0) is 41.8 Å². The zero-order valence-electron chi connectivity index (χ0n) is 15.9. The van der Waals surface area contributed by atoms with Crippen molar-refractivity contribution in [3.63, 3.8) is 0 Å². The van der Waals surface area contributed by atoms with E-state index in [2.05, 4.69) is 4.98 Å². The van der Waals surface area contributed by atoms with Crippen molar-refractivity contribution in [2.45, 2.75) is 13.3 Å². The second kappa shape index (κ2) is 9.49. The summed E-state index contributed by atoms with van der Waals surface area (Å²) in [4.78, 5) is 17.0. The highest BCUT2D eigenvalue weighted by atomic mass is 35.5. The number of Topliss-reactive ketones (excluding diaryl/α,β-unsaturated/α-hetero) is 1. The minimum atomic E-state index is 0.0497. The smallest absolute Gasteiger partial charge is 0.221 e. The summed E-state index contributed by atoms with van der Waals surface area (Å²) in [7, 11) is 1.62. The summed E-state index contributed by atoms with van der Waals surface area (Å²) in [5.74, 6) is 0.559. The standard InChI is InChI=1S/C23H22ClNO3/c1-16-12-19(8-9-21(16)24)20-13-17(15-25-23(20)28-11-10-27-2)14-22(26)18-6-4-3-5-7-18/h3-9,12-13,15H,10-11,14H2,1-2H3. The quantitative estimate of drug-likeness (QED) is 0.390. The van der Waals surface area contributed by atoms with Gasteiger partial charge in [-0.3, -0.25) is 4.79 Å². The number of aromatic nitrogens is 1. The van der Waals surface area contributed by atoms with Crippen LogP contribution in [-0.2, 0) is 11.2 Å². The lowest BCUT2D eigenvalue weighted by Crippen LogP contribution is -2.08. The highest BCUT2D eigenvalue weighted by Crippen LogP contribution is 2.32. The molecule has 0 saturated carbocycles. The van der Waals surface area contributed by atoms with Crippen LogP contribution in [0.1, 0.15) is 21.5 Å². The van der Waals surface area contributed by atoms with E-state index in [0.29, 0.717) is 29.7 Å². The maximum Gasteiger partial charge on any atom is 0.221 e. The molecule has 0 atom stereocenters. The maximum atomic E-state index is 12.6. The van der Waals surface area contributed by atoms with E-state index in [1.807, 2.05) is 61.5 Å². The maximum absolute atomic E-state index is 12.6. The first-order valence-corrected chi connectivity index (χ1v) is 9.41. The molecule has 0 saturated heterocycles. The van der Waals surface area contributed by atoms with E-state index in [9.17, 15) is 4.79 Å². The number of benzene rings is 2. The van der Waals surface area contributed by atoms with E-state index in [0.717, 1.165) is 22.3 Å². The number of carbonyl (C=O) groups is 1. The van der Waals surface area contributed by atoms with Gasteiger partial charge in [0.25, 0.3) is 0 Å². The van der Waals surface area contributed by atoms with Crippen LogP contribution in [0, 0.1) is 6.92 Å². The summed E-state index contributed by atoms with van der Waals surface area (Å²) >= 11 is 6.17. The molecule has 5 heteroatoms. The van der Waals surface area contributed by atoms with Gasteiger partial charge in [-0.2, -0.15) is 0 Å². The first-order chi connectivity index (χ1) is 13.6. The Morgan fingerprint density at radius 1 is 1.07 bits per heavy atom. The lowest BCUT2D eigenvalue weighted by molar-refractivity contribution is 0.0993. The fourth-order valence-corrected chi connectivity index (χ4v) is 2.98. The van der Waals surface area contributed by atoms with Gasteiger partial charge in [0.2, 0.25) is 5.88 Å². The number of carbonyl (C=O) groups excluding carboxylic acids is 1. The number of methoxy groups -OCH3 is 1. The fraction of sp³-hybridized carbons (Fsp3) is 0.217. The minimum absolute atomic E-state index is 0.0497. The van der Waals surface area contributed by atoms with Gasteiger partial charge in [-0.25, -0.2) is 4.98 Å². The first kappa shape index (κ1) is 20.1. The molecule has 0 fully saturated rings. The van der Waals surface area contributed by atoms with Crippen molar-refractivity contribution in [3.05, 3.63) is 82.5 Å². The number of aryl methyl sites for hydroxylation is 1. The molecule has 0 aliphatic carbocycles. The van der Waals surface area contributed by atoms with Gasteiger partial charge in [0, 0.05) is 35.9 Å². The molecule has 0 spiro atoms. The van der Waals surface area contributed by atoms with E-state index >= 15 is 0 Å². The molecule has 0 amide bonds. The summed E-state index contributed by atoms with van der Waals surface area (Å²) in [5.41, 5.74) is 4.25. The van der Waals surface area contributed by atoms with E-state index in [-0.39, 0.29) is 12.2 Å². The van der Waals surface area contributed by atoms with Gasteiger partial charge in [-0.1, -0.05) is 48.0 Å². The number of nitrogens with zero attached hydrogens (tertiary/aromatic N) is 1. The molecule has 3 rings (SSSR count). The summed E-state index contributed by atoms with van der Waals surface area (Å²) in [5, 5.41) is 0.703. The highest BCUT2D eigenvalue weighted by molar-refractivity contribution is 6.31. The lowest BCUT2D eigenvalue weighted by atomic mass is 9.99. The molecule has 28 heavy (non-hydrogen) atoms. The van der Waals surface area contributed by atoms with E-state index in [1.165, 1.54) is 0 Å². The Bertz CT molecular complexity index is 957. The molecule has 0 aliphatic rings. The second-order valence-electron chi connectivity index (χ2n) is 6.47. The average molecular weight is 396 g/mol. The van der Waals surface area contributed by atoms with Crippen LogP contribution in [0.5, 0.6) is 5.88 Å². The fourth-order valence-electron chi connectivity index (χ4n) is 2.86. The zero-order valence-corrected chi connectivity index (χ0v) is 16.7. The van der Waals surface area contributed by atoms with Crippen molar-refractivity contribution in [1.29, 1.82) is 0 Å². The van der Waals surface area contributed by atoms with Crippen molar-refractivity contribution in [1.82, 2.24) is 4.98 Å². The van der Waals surface area contributed by atoms with Gasteiger partial charge in [0.15, 0.2) is 5.78 Å². The van der Waals surface area contributed by atoms with Crippen LogP contribution in [0.4, 0.5) is 0 Å². The monoisotopic (exact) mass is 395 g/mol. The highest BCUT2D eigenvalue weighted by Gasteiger charge is 2.14. The van der Waals surface area contributed by atoms with Crippen molar-refractivity contribution in [2.24, 2.45) is 0 Å². The first-order valence-electron chi connectivity index (χ1n) is 9.04. The van der Waals surface area contributed by atoms with Crippen LogP contribution in [0.25, 0.3) is 11.1 Å². The van der Waals surface area contributed by atoms with Gasteiger partial charge < -0.3 is 9.47 Å². The molecule has 2 aromatic carbocycles. The lowest BCUT2D eigenvalue weighted by Gasteiger charge is -2.13. The molecule has 3 aromatic rings. The Morgan fingerprint density at radius 2 is 1.86 bits per heavy atom. The van der Waals surface area contributed by atoms with Gasteiger partial charge >= 0.3 is 0 Å². The molecule has 0 bridgehead atoms. The molecule has 0 radical (unpaired) electrons. The van der Waals surface area contributed by atoms with Crippen LogP contribution in [0.2, 0.25) is 5.02 Å². The third-order valence-electron chi connectivity index (χ3n) is 4.36. The topological polar surface area (TPSA) is 48.4 Å². The Morgan fingerprint density at radius 3 is 2.57 bits per heavy atom. The number of hydrogen-bond donors (Lipinski definition) is 0. The van der Waals surface area contributed by atoms with Crippen molar-refractivity contribution < 1.29 is 14.3 Å². The third kappa shape index (κ3) is 4.97. The van der Waals surface area contributed by atoms with Gasteiger partial charge in [-0.15, -0.1) is 0 Å². The molecule has 0 aliphatic heterocycles. The van der Waals surface area contributed by atoms with E-state index in [4.69, 9.17) is 21.1 Å². The summed E-state index contributed by atoms with van der Waals surface area (Å²) in [6.45, 7) is 2.81. The SMILES string of the molecule is COCCOc1ncc(CC(=O)c2ccccc2)cc1-c1ccc(Cl)c(C)c1. The van der Waals surface area contributed by atoms with Crippen molar-refractivity contribution in [3.8, 4) is 17.0 Å². The number of hydrogen-bond acceptors (Lipinski definition) is 4. The summed E-state index contributed by atoms with van der Waals surface area (Å²) in [6, 6.07) is 17.0. The number of halogens is 1. The normalized spacial score (nSPS) is 10.7. The summed E-state index contributed by atoms with van der Waals surface area (Å²) < 4.78 is 10.8. The van der Waals surface area contributed by atoms with Crippen molar-refractivity contribution in [2.75, 3.05) is 20.3 Å². The van der Waals surface area contributed by atoms with E-state index in [1.54, 1.807) is 13.3 Å². The predicted octanol–water partition coefficient (Wildman–Crippen LogP) is 5.16. The average Bonchev–Trinajstić information content (AvgIpc) is 2.72. The number of rotatable bonds is 8. The largest absolute Gasteiger partial charge is 0.475 e. The minimum Gasteiger partial charge on any atom is -0.475 e. The number of pyridine rings is 1. The molecular formula is C23H22ClNO3. The zero-order chi connectivity index (χ0) is 19.9. The van der Waals surface area contributed by atoms with Gasteiger partial charge in [0.1, 0.15) is 6.61 Å². The number of ether oxygens (including phenoxy) is 2. The molecule has 0 unspecified atom stereocenters. The Kier molecular flexibility index (Phi) is 6.80. The third-order valence-corrected chi connectivity index (χ3v) is 4.79. The molecule has 1 heterocycles. The van der Waals surface area contributed by atoms with Gasteiger partial charge in [0.05, 0.1) is 6.61 Å². The van der Waals surface area contributed by atoms with Crippen LogP contribution in [0.3, 0.4) is 0 Å². The van der Waals surface area contributed by atoms with Crippen LogP contribution in [-0.4, -0.2) is 31.1 Å². The van der Waals surface area contributed by atoms with E-state index < -0.39 is 0 Å². The molecule has 4 nitrogen and oxygen atoms in total. The molecule has 144 valence electrons. The van der Waals surface area contributed by atoms with Crippen LogP contribution >= 0.6 is 11.6 Å². The molecule has 1 aromatic heterocycles. The van der Waals surface area contributed by atoms with Crippen LogP contribution < -0.4 is 4.74 Å². The Labute approximate surface area is 170 Å². The molecular weight excluding hydrogens is 374 g/mol. The van der Waals surface area contributed by atoms with Crippen LogP contribution in [0.15, 0.2) is 60.8 Å². The van der Waals surface area contributed by atoms with Crippen molar-refractivity contribution >= 4 is 17.4 Å². The predicted molar refractivity (Wildman–Crippen MR) is 111 cm³/mol. The Hall–Kier alpha value is -2.69. The number of ketones is 1.